The lowest BCUT2D eigenvalue weighted by molar-refractivity contribution is -0.160. The van der Waals surface area contributed by atoms with Crippen LogP contribution in [-0.2, 0) is 9.59 Å². The molecule has 4 heteroatoms. The molecule has 1 saturated carbocycles. The van der Waals surface area contributed by atoms with Gasteiger partial charge in [-0.1, -0.05) is 19.8 Å². The number of carboxylic acids is 1. The second-order valence-electron chi connectivity index (χ2n) is 5.98. The highest BCUT2D eigenvalue weighted by molar-refractivity contribution is 5.90. The molecule has 0 aromatic carbocycles. The molecule has 1 aliphatic heterocycles. The van der Waals surface area contributed by atoms with Crippen molar-refractivity contribution in [3.63, 3.8) is 0 Å². The quantitative estimate of drug-likeness (QED) is 0.840. The first-order valence-corrected chi connectivity index (χ1v) is 7.02. The van der Waals surface area contributed by atoms with Crippen LogP contribution in [0.15, 0.2) is 0 Å². The maximum Gasteiger partial charge on any atom is 0.329 e. The number of rotatable bonds is 3. The van der Waals surface area contributed by atoms with E-state index in [0.717, 1.165) is 38.5 Å². The van der Waals surface area contributed by atoms with E-state index < -0.39 is 11.5 Å². The van der Waals surface area contributed by atoms with E-state index in [1.807, 2.05) is 0 Å². The Morgan fingerprint density at radius 2 is 1.78 bits per heavy atom. The third-order valence-corrected chi connectivity index (χ3v) is 5.04. The fourth-order valence-corrected chi connectivity index (χ4v) is 3.57. The van der Waals surface area contributed by atoms with Crippen molar-refractivity contribution in [2.24, 2.45) is 5.41 Å². The number of nitrogens with zero attached hydrogens (tertiary/aromatic N) is 1. The molecule has 0 aromatic heterocycles. The standard InChI is InChI=1S/C14H23NO3/c1-3-14(8-4-5-9-14)11(16)15-10-6-7-13(15,2)12(17)18/h3-10H2,1-2H3,(H,17,18). The van der Waals surface area contributed by atoms with Crippen molar-refractivity contribution in [2.45, 2.75) is 64.3 Å². The Kier molecular flexibility index (Phi) is 3.39. The summed E-state index contributed by atoms with van der Waals surface area (Å²) < 4.78 is 0. The summed E-state index contributed by atoms with van der Waals surface area (Å²) >= 11 is 0. The largest absolute Gasteiger partial charge is 0.480 e. The minimum atomic E-state index is -0.984. The first kappa shape index (κ1) is 13.4. The molecule has 1 N–H and O–H groups in total. The van der Waals surface area contributed by atoms with Gasteiger partial charge < -0.3 is 10.0 Å². The van der Waals surface area contributed by atoms with Crippen LogP contribution in [0.4, 0.5) is 0 Å². The molecule has 2 aliphatic rings. The van der Waals surface area contributed by atoms with E-state index in [1.165, 1.54) is 0 Å². The Morgan fingerprint density at radius 3 is 2.28 bits per heavy atom. The molecule has 0 radical (unpaired) electrons. The number of likely N-dealkylation sites (tertiary alicyclic amines) is 1. The summed E-state index contributed by atoms with van der Waals surface area (Å²) in [6.07, 6.45) is 6.25. The van der Waals surface area contributed by atoms with Gasteiger partial charge in [-0.25, -0.2) is 4.79 Å². The molecule has 1 saturated heterocycles. The van der Waals surface area contributed by atoms with Crippen molar-refractivity contribution in [1.82, 2.24) is 4.90 Å². The Bertz CT molecular complexity index is 360. The Labute approximate surface area is 108 Å². The molecule has 2 rings (SSSR count). The number of carbonyl (C=O) groups excluding carboxylic acids is 1. The topological polar surface area (TPSA) is 57.6 Å². The lowest BCUT2D eigenvalue weighted by Crippen LogP contribution is -2.55. The van der Waals surface area contributed by atoms with Crippen LogP contribution in [-0.4, -0.2) is 34.0 Å². The summed E-state index contributed by atoms with van der Waals surface area (Å²) in [6, 6.07) is 0. The maximum absolute atomic E-state index is 12.8. The minimum absolute atomic E-state index is 0.0879. The van der Waals surface area contributed by atoms with Crippen molar-refractivity contribution in [2.75, 3.05) is 6.54 Å². The van der Waals surface area contributed by atoms with Gasteiger partial charge in [0.05, 0.1) is 0 Å². The van der Waals surface area contributed by atoms with Gasteiger partial charge in [0, 0.05) is 12.0 Å². The van der Waals surface area contributed by atoms with Crippen LogP contribution in [0.5, 0.6) is 0 Å². The van der Waals surface area contributed by atoms with Crippen molar-refractivity contribution in [1.29, 1.82) is 0 Å². The number of hydrogen-bond acceptors (Lipinski definition) is 2. The van der Waals surface area contributed by atoms with Gasteiger partial charge in [0.15, 0.2) is 0 Å². The SMILES string of the molecule is CCC1(C(=O)N2CCCC2(C)C(=O)O)CCCC1. The smallest absolute Gasteiger partial charge is 0.329 e. The maximum atomic E-state index is 12.8. The molecule has 1 aliphatic carbocycles. The molecule has 0 spiro atoms. The van der Waals surface area contributed by atoms with Crippen LogP contribution >= 0.6 is 0 Å². The van der Waals surface area contributed by atoms with Gasteiger partial charge in [0.2, 0.25) is 5.91 Å². The number of hydrogen-bond donors (Lipinski definition) is 1. The highest BCUT2D eigenvalue weighted by Crippen LogP contribution is 2.45. The molecule has 0 aromatic rings. The molecule has 4 nitrogen and oxygen atoms in total. The number of amides is 1. The van der Waals surface area contributed by atoms with Gasteiger partial charge >= 0.3 is 5.97 Å². The zero-order chi connectivity index (χ0) is 13.4. The van der Waals surface area contributed by atoms with Crippen molar-refractivity contribution < 1.29 is 14.7 Å². The lowest BCUT2D eigenvalue weighted by atomic mass is 9.81. The molecule has 18 heavy (non-hydrogen) atoms. The molecule has 0 bridgehead atoms. The third-order valence-electron chi connectivity index (χ3n) is 5.04. The highest BCUT2D eigenvalue weighted by atomic mass is 16.4. The zero-order valence-electron chi connectivity index (χ0n) is 11.4. The van der Waals surface area contributed by atoms with Crippen molar-refractivity contribution >= 4 is 11.9 Å². The van der Waals surface area contributed by atoms with Gasteiger partial charge in [-0.05, 0) is 39.0 Å². The van der Waals surface area contributed by atoms with E-state index in [0.29, 0.717) is 13.0 Å². The summed E-state index contributed by atoms with van der Waals surface area (Å²) in [7, 11) is 0. The summed E-state index contributed by atoms with van der Waals surface area (Å²) in [5, 5.41) is 9.40. The van der Waals surface area contributed by atoms with Crippen LogP contribution in [0, 0.1) is 5.41 Å². The van der Waals surface area contributed by atoms with Crippen LogP contribution in [0.25, 0.3) is 0 Å². The van der Waals surface area contributed by atoms with E-state index in [-0.39, 0.29) is 11.3 Å². The Morgan fingerprint density at radius 1 is 1.17 bits per heavy atom. The van der Waals surface area contributed by atoms with E-state index in [1.54, 1.807) is 11.8 Å². The van der Waals surface area contributed by atoms with E-state index in [4.69, 9.17) is 0 Å². The highest BCUT2D eigenvalue weighted by Gasteiger charge is 2.51. The monoisotopic (exact) mass is 253 g/mol. The molecule has 1 amide bonds. The average molecular weight is 253 g/mol. The molecule has 2 fully saturated rings. The Balaban J connectivity index is 2.25. The first-order valence-electron chi connectivity index (χ1n) is 7.02. The fraction of sp³-hybridized carbons (Fsp3) is 0.857. The summed E-state index contributed by atoms with van der Waals surface area (Å²) in [6.45, 7) is 4.35. The second kappa shape index (κ2) is 4.56. The van der Waals surface area contributed by atoms with Crippen LogP contribution in [0.3, 0.4) is 0 Å². The van der Waals surface area contributed by atoms with E-state index >= 15 is 0 Å². The molecular weight excluding hydrogens is 230 g/mol. The molecule has 1 heterocycles. The van der Waals surface area contributed by atoms with Crippen LogP contribution in [0.1, 0.15) is 58.8 Å². The summed E-state index contributed by atoms with van der Waals surface area (Å²) in [5.41, 5.74) is -1.26. The molecule has 102 valence electrons. The normalized spacial score (nSPS) is 30.7. The van der Waals surface area contributed by atoms with Crippen LogP contribution in [0.2, 0.25) is 0 Å². The Hall–Kier alpha value is -1.06. The van der Waals surface area contributed by atoms with Gasteiger partial charge in [0.25, 0.3) is 0 Å². The summed E-state index contributed by atoms with van der Waals surface area (Å²) in [4.78, 5) is 25.9. The van der Waals surface area contributed by atoms with E-state index in [9.17, 15) is 14.7 Å². The van der Waals surface area contributed by atoms with Crippen molar-refractivity contribution in [3.8, 4) is 0 Å². The summed E-state index contributed by atoms with van der Waals surface area (Å²) in [5.74, 6) is -0.775. The molecule has 1 atom stereocenters. The number of carboxylic acid groups (broad SMARTS) is 1. The third kappa shape index (κ3) is 1.82. The number of aliphatic carboxylic acids is 1. The average Bonchev–Trinajstić information content (AvgIpc) is 2.96. The first-order chi connectivity index (χ1) is 8.46. The number of carbonyl (C=O) groups is 2. The van der Waals surface area contributed by atoms with Crippen molar-refractivity contribution in [3.05, 3.63) is 0 Å². The van der Waals surface area contributed by atoms with E-state index in [2.05, 4.69) is 6.92 Å². The predicted octanol–water partition coefficient (Wildman–Crippen LogP) is 2.42. The fourth-order valence-electron chi connectivity index (χ4n) is 3.57. The predicted molar refractivity (Wildman–Crippen MR) is 68.2 cm³/mol. The molecular formula is C14H23NO3. The van der Waals surface area contributed by atoms with Gasteiger partial charge in [0.1, 0.15) is 5.54 Å². The van der Waals surface area contributed by atoms with Gasteiger partial charge in [-0.15, -0.1) is 0 Å². The lowest BCUT2D eigenvalue weighted by Gasteiger charge is -2.38. The van der Waals surface area contributed by atoms with Gasteiger partial charge in [-0.3, -0.25) is 4.79 Å². The minimum Gasteiger partial charge on any atom is -0.480 e. The zero-order valence-corrected chi connectivity index (χ0v) is 11.4. The molecule has 1 unspecified atom stereocenters. The second-order valence-corrected chi connectivity index (χ2v) is 5.98. The van der Waals surface area contributed by atoms with Gasteiger partial charge in [-0.2, -0.15) is 0 Å². The van der Waals surface area contributed by atoms with Crippen LogP contribution < -0.4 is 0 Å².